The lowest BCUT2D eigenvalue weighted by Gasteiger charge is -2.31. The molecule has 0 aliphatic heterocycles. The van der Waals surface area contributed by atoms with Gasteiger partial charge in [-0.2, -0.15) is 0 Å². The summed E-state index contributed by atoms with van der Waals surface area (Å²) in [6.07, 6.45) is 5.64. The number of alkyl halides is 1. The van der Waals surface area contributed by atoms with E-state index in [2.05, 4.69) is 186 Å². The second kappa shape index (κ2) is 12.0. The fourth-order valence-corrected chi connectivity index (χ4v) is 13.7. The van der Waals surface area contributed by atoms with Crippen molar-refractivity contribution in [2.45, 2.75) is 35.5 Å². The van der Waals surface area contributed by atoms with Gasteiger partial charge in [-0.15, -0.1) is 0 Å². The Morgan fingerprint density at radius 1 is 0.421 bits per heavy atom. The number of rotatable bonds is 4. The van der Waals surface area contributed by atoms with Crippen molar-refractivity contribution in [2.24, 2.45) is 17.3 Å². The van der Waals surface area contributed by atoms with E-state index in [1.807, 2.05) is 0 Å². The number of hydrogen-bond donors (Lipinski definition) is 0. The molecule has 3 aliphatic rings. The zero-order valence-corrected chi connectivity index (χ0v) is 33.7. The normalized spacial score (nSPS) is 22.6. The molecule has 1 spiro atoms. The minimum absolute atomic E-state index is 0.609. The van der Waals surface area contributed by atoms with Crippen LogP contribution >= 0.6 is 22.6 Å². The van der Waals surface area contributed by atoms with Gasteiger partial charge in [-0.25, -0.2) is 0 Å². The summed E-state index contributed by atoms with van der Waals surface area (Å²) in [6, 6.07) is 61.0. The smallest absolute Gasteiger partial charge is 0.136 e. The van der Waals surface area contributed by atoms with Gasteiger partial charge in [-0.3, -0.25) is 0 Å². The second-order valence-corrected chi connectivity index (χ2v) is 19.1. The molecule has 5 atom stereocenters. The highest BCUT2D eigenvalue weighted by atomic mass is 127. The van der Waals surface area contributed by atoms with Crippen LogP contribution in [0.5, 0.6) is 0 Å². The Labute approximate surface area is 345 Å². The molecule has 0 N–H and O–H groups in total. The van der Waals surface area contributed by atoms with Crippen LogP contribution in [0.3, 0.4) is 0 Å². The molecule has 0 radical (unpaired) electrons. The molecule has 3 fully saturated rings. The summed E-state index contributed by atoms with van der Waals surface area (Å²) in [5.41, 5.74) is 11.6. The second-order valence-electron chi connectivity index (χ2n) is 17.3. The molecule has 2 bridgehead atoms. The molecular weight excluding hydrogens is 804 g/mol. The van der Waals surface area contributed by atoms with Crippen molar-refractivity contribution in [2.75, 3.05) is 0 Å². The summed E-state index contributed by atoms with van der Waals surface area (Å²) in [7, 11) is 0. The maximum atomic E-state index is 6.76. The SMILES string of the molecule is IC1CC2CC3(C1)CC3C2c1c2ccccc2c(-c2ccc3c(c2)oc2ccc(-c4c5ccccc5c(-c5ccccc5)c5ccccc45)cc23)c2ccccc12. The zero-order chi connectivity index (χ0) is 37.4. The van der Waals surface area contributed by atoms with E-state index in [4.69, 9.17) is 4.42 Å². The van der Waals surface area contributed by atoms with E-state index in [1.54, 1.807) is 5.56 Å². The van der Waals surface area contributed by atoms with Crippen LogP contribution in [0.25, 0.3) is 98.4 Å². The van der Waals surface area contributed by atoms with Crippen LogP contribution in [0.2, 0.25) is 0 Å². The molecule has 1 aromatic heterocycles. The lowest BCUT2D eigenvalue weighted by molar-refractivity contribution is 0.301. The van der Waals surface area contributed by atoms with Gasteiger partial charge in [-0.1, -0.05) is 162 Å². The molecule has 5 unspecified atom stereocenters. The van der Waals surface area contributed by atoms with Gasteiger partial charge in [0.1, 0.15) is 11.2 Å². The van der Waals surface area contributed by atoms with Gasteiger partial charge < -0.3 is 4.42 Å². The van der Waals surface area contributed by atoms with Gasteiger partial charge in [0, 0.05) is 14.7 Å². The number of hydrogen-bond acceptors (Lipinski definition) is 1. The summed E-state index contributed by atoms with van der Waals surface area (Å²) >= 11 is 2.76. The molecule has 0 amide bonds. The molecule has 9 aromatic carbocycles. The van der Waals surface area contributed by atoms with Gasteiger partial charge in [0.05, 0.1) is 0 Å². The zero-order valence-electron chi connectivity index (χ0n) is 31.5. The summed E-state index contributed by atoms with van der Waals surface area (Å²) in [5, 5.41) is 13.0. The summed E-state index contributed by atoms with van der Waals surface area (Å²) in [4.78, 5) is 0. The van der Waals surface area contributed by atoms with Crippen molar-refractivity contribution >= 4 is 87.6 Å². The van der Waals surface area contributed by atoms with Gasteiger partial charge in [-0.05, 0) is 155 Å². The summed E-state index contributed by atoms with van der Waals surface area (Å²) in [6.45, 7) is 0. The van der Waals surface area contributed by atoms with Gasteiger partial charge >= 0.3 is 0 Å². The van der Waals surface area contributed by atoms with E-state index >= 15 is 0 Å². The topological polar surface area (TPSA) is 13.1 Å². The Morgan fingerprint density at radius 2 is 0.930 bits per heavy atom. The third-order valence-electron chi connectivity index (χ3n) is 14.4. The minimum atomic E-state index is 0.609. The van der Waals surface area contributed by atoms with Crippen LogP contribution in [-0.4, -0.2) is 3.92 Å². The lowest BCUT2D eigenvalue weighted by atomic mass is 9.75. The molecule has 0 saturated heterocycles. The van der Waals surface area contributed by atoms with Crippen molar-refractivity contribution in [1.29, 1.82) is 0 Å². The van der Waals surface area contributed by atoms with Gasteiger partial charge in [0.25, 0.3) is 0 Å². The van der Waals surface area contributed by atoms with Crippen LogP contribution < -0.4 is 0 Å². The van der Waals surface area contributed by atoms with E-state index in [1.165, 1.54) is 102 Å². The van der Waals surface area contributed by atoms with Crippen molar-refractivity contribution in [1.82, 2.24) is 0 Å². The molecular formula is C55H39IO. The maximum absolute atomic E-state index is 6.76. The Kier molecular flexibility index (Phi) is 6.89. The monoisotopic (exact) mass is 842 g/mol. The first-order valence-corrected chi connectivity index (χ1v) is 21.9. The van der Waals surface area contributed by atoms with Gasteiger partial charge in [0.2, 0.25) is 0 Å². The number of halogens is 1. The van der Waals surface area contributed by atoms with Crippen LogP contribution in [-0.2, 0) is 0 Å². The van der Waals surface area contributed by atoms with E-state index < -0.39 is 0 Å². The van der Waals surface area contributed by atoms with Crippen LogP contribution in [0.1, 0.15) is 37.2 Å². The minimum Gasteiger partial charge on any atom is -0.456 e. The summed E-state index contributed by atoms with van der Waals surface area (Å²) in [5.74, 6) is 2.30. The molecule has 1 heterocycles. The first kappa shape index (κ1) is 32.6. The molecule has 57 heavy (non-hydrogen) atoms. The molecule has 13 rings (SSSR count). The average Bonchev–Trinajstić information content (AvgIpc) is 3.68. The largest absolute Gasteiger partial charge is 0.456 e. The van der Waals surface area contributed by atoms with Crippen molar-refractivity contribution in [3.8, 4) is 33.4 Å². The molecule has 1 nitrogen and oxygen atoms in total. The Bertz CT molecular complexity index is 3190. The fourth-order valence-electron chi connectivity index (χ4n) is 12.2. The first-order valence-electron chi connectivity index (χ1n) is 20.7. The van der Waals surface area contributed by atoms with Crippen molar-refractivity contribution < 1.29 is 4.42 Å². The van der Waals surface area contributed by atoms with Crippen LogP contribution in [0, 0.1) is 17.3 Å². The van der Waals surface area contributed by atoms with E-state index in [9.17, 15) is 0 Å². The predicted molar refractivity (Wildman–Crippen MR) is 248 cm³/mol. The standard InChI is InChI=1S/C55H39IO/c56-36-26-35-29-55(30-36)31-47(55)53(35)54-44-20-10-8-18-42(44)52(43-19-9-11-21-45(43)54)34-22-24-37-46-27-33(23-25-48(46)57-49(37)28-34)51-40-16-6-4-14-38(40)50(32-12-2-1-3-13-32)39-15-5-7-17-41(39)51/h1-25,27-28,35-36,47,53H,26,29-31H2. The number of fused-ring (bicyclic) bond motifs is 8. The van der Waals surface area contributed by atoms with Crippen LogP contribution in [0.4, 0.5) is 0 Å². The number of furan rings is 1. The molecule has 3 saturated carbocycles. The highest BCUT2D eigenvalue weighted by Crippen LogP contribution is 2.77. The average molecular weight is 843 g/mol. The van der Waals surface area contributed by atoms with E-state index in [-0.39, 0.29) is 0 Å². The van der Waals surface area contributed by atoms with E-state index in [0.717, 1.165) is 37.7 Å². The third kappa shape index (κ3) is 4.68. The molecule has 10 aromatic rings. The number of benzene rings is 9. The quantitative estimate of drug-likeness (QED) is 0.0977. The first-order chi connectivity index (χ1) is 28.1. The highest BCUT2D eigenvalue weighted by Gasteiger charge is 2.67. The predicted octanol–water partition coefficient (Wildman–Crippen LogP) is 15.9. The van der Waals surface area contributed by atoms with Crippen LogP contribution in [0.15, 0.2) is 168 Å². The van der Waals surface area contributed by atoms with Crippen molar-refractivity contribution in [3.05, 3.63) is 169 Å². The highest BCUT2D eigenvalue weighted by molar-refractivity contribution is 14.1. The Hall–Kier alpha value is -5.45. The molecule has 3 aliphatic carbocycles. The molecule has 2 heteroatoms. The Balaban J connectivity index is 0.992. The third-order valence-corrected chi connectivity index (χ3v) is 15.3. The van der Waals surface area contributed by atoms with Gasteiger partial charge in [0.15, 0.2) is 0 Å². The lowest BCUT2D eigenvalue weighted by Crippen LogP contribution is -2.21. The fraction of sp³-hybridized carbons (Fsp3) is 0.164. The summed E-state index contributed by atoms with van der Waals surface area (Å²) < 4.78 is 7.58. The Morgan fingerprint density at radius 3 is 1.54 bits per heavy atom. The van der Waals surface area contributed by atoms with Crippen molar-refractivity contribution in [3.63, 3.8) is 0 Å². The maximum Gasteiger partial charge on any atom is 0.136 e. The van der Waals surface area contributed by atoms with E-state index in [0.29, 0.717) is 11.3 Å². The molecule has 272 valence electrons.